The van der Waals surface area contributed by atoms with Gasteiger partial charge < -0.3 is 9.13 Å². The van der Waals surface area contributed by atoms with Crippen molar-refractivity contribution in [2.45, 2.75) is 13.8 Å². The maximum Gasteiger partial charge on any atom is 0.179 e. The van der Waals surface area contributed by atoms with Gasteiger partial charge in [-0.1, -0.05) is 230 Å². The smallest absolute Gasteiger partial charge is 0.179 e. The van der Waals surface area contributed by atoms with Gasteiger partial charge in [-0.3, -0.25) is 0 Å². The molecule has 72 heavy (non-hydrogen) atoms. The fourth-order valence-corrected chi connectivity index (χ4v) is 21.7. The van der Waals surface area contributed by atoms with Crippen LogP contribution in [0.25, 0.3) is 55.0 Å². The molecule has 0 saturated heterocycles. The Balaban J connectivity index is 1.11. The Hall–Kier alpha value is -8.55. The molecule has 0 amide bonds. The summed E-state index contributed by atoms with van der Waals surface area (Å²) in [4.78, 5) is 0. The second-order valence-electron chi connectivity index (χ2n) is 19.4. The van der Waals surface area contributed by atoms with Gasteiger partial charge in [-0.25, -0.2) is 0 Å². The van der Waals surface area contributed by atoms with Crippen LogP contribution >= 0.6 is 0 Å². The normalized spacial score (nSPS) is 12.0. The van der Waals surface area contributed by atoms with E-state index in [-0.39, 0.29) is 0 Å². The lowest BCUT2D eigenvalue weighted by Crippen LogP contribution is -2.74. The molecule has 0 bridgehead atoms. The molecule has 0 atom stereocenters. The van der Waals surface area contributed by atoms with Crippen LogP contribution < -0.4 is 41.5 Å². The molecular formula is C68H52N2Si2. The van der Waals surface area contributed by atoms with Crippen molar-refractivity contribution in [3.8, 4) is 11.4 Å². The highest BCUT2D eigenvalue weighted by atomic mass is 28.3. The average molecular weight is 953 g/mol. The standard InChI is InChI=1S/C68H52N2Si2/c1-49-33-41-65-61(45-49)62-46-50(2)34-42-66(62)69(65)51-35-37-52(38-36-51)70-67-43-39-59(71(53-21-9-3-10-22-53,54-23-11-4-12-24-54)55-25-13-5-14-26-55)47-63(67)64-48-60(40-44-68(64)70)72(56-27-15-6-16-28-56,57-29-17-7-18-30-57)58-31-19-8-20-32-58/h3-48H,1-2H3. The minimum Gasteiger partial charge on any atom is -0.309 e. The minimum atomic E-state index is -2.88. The number of aryl methyl sites for hydroxylation is 2. The van der Waals surface area contributed by atoms with Crippen molar-refractivity contribution in [2.75, 3.05) is 0 Å². The van der Waals surface area contributed by atoms with E-state index in [1.165, 1.54) is 96.2 Å². The Bertz CT molecular complexity index is 3640. The Morgan fingerprint density at radius 1 is 0.222 bits per heavy atom. The van der Waals surface area contributed by atoms with Gasteiger partial charge in [-0.15, -0.1) is 0 Å². The van der Waals surface area contributed by atoms with E-state index >= 15 is 0 Å². The largest absolute Gasteiger partial charge is 0.309 e. The van der Waals surface area contributed by atoms with Crippen LogP contribution in [0.1, 0.15) is 11.1 Å². The van der Waals surface area contributed by atoms with Gasteiger partial charge in [-0.05, 0) is 116 Å². The van der Waals surface area contributed by atoms with E-state index in [1.54, 1.807) is 0 Å². The van der Waals surface area contributed by atoms with Crippen LogP contribution in [0.15, 0.2) is 279 Å². The lowest BCUT2D eigenvalue weighted by molar-refractivity contribution is 1.14. The van der Waals surface area contributed by atoms with Gasteiger partial charge in [0.1, 0.15) is 0 Å². The van der Waals surface area contributed by atoms with E-state index in [0.29, 0.717) is 0 Å². The zero-order valence-corrected chi connectivity index (χ0v) is 42.5. The van der Waals surface area contributed by atoms with Gasteiger partial charge in [0.2, 0.25) is 0 Å². The van der Waals surface area contributed by atoms with Crippen LogP contribution in [0.2, 0.25) is 0 Å². The molecule has 13 aromatic rings. The number of rotatable bonds is 10. The van der Waals surface area contributed by atoms with Crippen molar-refractivity contribution in [3.05, 3.63) is 290 Å². The predicted octanol–water partition coefficient (Wildman–Crippen LogP) is 11.3. The average Bonchev–Trinajstić information content (AvgIpc) is 3.94. The monoisotopic (exact) mass is 952 g/mol. The molecule has 0 aliphatic carbocycles. The molecule has 2 aromatic heterocycles. The number of benzene rings is 11. The lowest BCUT2D eigenvalue weighted by Gasteiger charge is -2.34. The number of hydrogen-bond acceptors (Lipinski definition) is 0. The fraction of sp³-hybridized carbons (Fsp3) is 0.0294. The highest BCUT2D eigenvalue weighted by Crippen LogP contribution is 2.36. The molecular weight excluding hydrogens is 901 g/mol. The van der Waals surface area contributed by atoms with E-state index in [0.717, 1.165) is 11.4 Å². The molecule has 0 radical (unpaired) electrons. The van der Waals surface area contributed by atoms with Gasteiger partial charge in [0.25, 0.3) is 0 Å². The van der Waals surface area contributed by atoms with Crippen molar-refractivity contribution in [3.63, 3.8) is 0 Å². The Morgan fingerprint density at radius 3 is 0.722 bits per heavy atom. The van der Waals surface area contributed by atoms with Crippen molar-refractivity contribution in [1.82, 2.24) is 9.13 Å². The summed E-state index contributed by atoms with van der Waals surface area (Å²) in [5.41, 5.74) is 9.61. The molecule has 0 aliphatic rings. The second-order valence-corrected chi connectivity index (χ2v) is 27.0. The Kier molecular flexibility index (Phi) is 10.7. The molecule has 0 N–H and O–H groups in total. The van der Waals surface area contributed by atoms with Crippen molar-refractivity contribution >= 4 is 101 Å². The first-order valence-electron chi connectivity index (χ1n) is 25.1. The summed E-state index contributed by atoms with van der Waals surface area (Å²) < 4.78 is 4.94. The molecule has 0 spiro atoms. The van der Waals surface area contributed by atoms with Crippen LogP contribution in [0, 0.1) is 13.8 Å². The van der Waals surface area contributed by atoms with Gasteiger partial charge in [0, 0.05) is 32.9 Å². The molecule has 13 rings (SSSR count). The molecule has 0 fully saturated rings. The van der Waals surface area contributed by atoms with Crippen LogP contribution in [0.4, 0.5) is 0 Å². The predicted molar refractivity (Wildman–Crippen MR) is 312 cm³/mol. The number of aromatic nitrogens is 2. The SMILES string of the molecule is Cc1ccc2c(c1)c1cc(C)ccc1n2-c1ccc(-n2c3ccc([Si](c4ccccc4)(c4ccccc4)c4ccccc4)cc3c3cc([Si](c4ccccc4)(c4ccccc4)c4ccccc4)ccc32)cc1. The first-order valence-corrected chi connectivity index (χ1v) is 29.1. The number of fused-ring (bicyclic) bond motifs is 6. The first kappa shape index (κ1) is 43.5. The maximum atomic E-state index is 2.57. The van der Waals surface area contributed by atoms with Gasteiger partial charge in [-0.2, -0.15) is 0 Å². The Morgan fingerprint density at radius 2 is 0.458 bits per heavy atom. The fourth-order valence-electron chi connectivity index (χ4n) is 12.2. The van der Waals surface area contributed by atoms with Crippen LogP contribution in [0.5, 0.6) is 0 Å². The molecule has 4 heteroatoms. The summed E-state index contributed by atoms with van der Waals surface area (Å²) >= 11 is 0. The summed E-state index contributed by atoms with van der Waals surface area (Å²) in [5, 5.41) is 15.9. The highest BCUT2D eigenvalue weighted by molar-refractivity contribution is 7.20. The molecule has 2 heterocycles. The molecule has 0 saturated carbocycles. The van der Waals surface area contributed by atoms with Gasteiger partial charge in [0.05, 0.1) is 22.1 Å². The van der Waals surface area contributed by atoms with Crippen molar-refractivity contribution in [2.24, 2.45) is 0 Å². The van der Waals surface area contributed by atoms with Gasteiger partial charge >= 0.3 is 0 Å². The van der Waals surface area contributed by atoms with E-state index in [2.05, 4.69) is 302 Å². The van der Waals surface area contributed by atoms with Crippen LogP contribution in [-0.2, 0) is 0 Å². The second kappa shape index (κ2) is 17.7. The number of hydrogen-bond donors (Lipinski definition) is 0. The summed E-state index contributed by atoms with van der Waals surface area (Å²) in [5.74, 6) is 0. The topological polar surface area (TPSA) is 9.86 Å². The zero-order chi connectivity index (χ0) is 48.2. The molecule has 0 unspecified atom stereocenters. The third kappa shape index (κ3) is 6.82. The van der Waals surface area contributed by atoms with Gasteiger partial charge in [0.15, 0.2) is 16.1 Å². The van der Waals surface area contributed by atoms with Crippen LogP contribution in [0.3, 0.4) is 0 Å². The quantitative estimate of drug-likeness (QED) is 0.0955. The number of nitrogens with zero attached hydrogens (tertiary/aromatic N) is 2. The molecule has 0 aliphatic heterocycles. The summed E-state index contributed by atoms with van der Waals surface area (Å²) in [7, 11) is -5.75. The molecule has 342 valence electrons. The van der Waals surface area contributed by atoms with E-state index in [4.69, 9.17) is 0 Å². The molecule has 11 aromatic carbocycles. The summed E-state index contributed by atoms with van der Waals surface area (Å²) in [6, 6.07) is 106. The molecule has 2 nitrogen and oxygen atoms in total. The summed E-state index contributed by atoms with van der Waals surface area (Å²) in [6.07, 6.45) is 0. The minimum absolute atomic E-state index is 1.13. The van der Waals surface area contributed by atoms with E-state index in [1.807, 2.05) is 0 Å². The third-order valence-electron chi connectivity index (χ3n) is 15.3. The van der Waals surface area contributed by atoms with Crippen LogP contribution in [-0.4, -0.2) is 25.3 Å². The highest BCUT2D eigenvalue weighted by Gasteiger charge is 2.43. The van der Waals surface area contributed by atoms with Crippen molar-refractivity contribution in [1.29, 1.82) is 0 Å². The zero-order valence-electron chi connectivity index (χ0n) is 40.5. The maximum absolute atomic E-state index is 2.88. The van der Waals surface area contributed by atoms with E-state index < -0.39 is 16.1 Å². The van der Waals surface area contributed by atoms with E-state index in [9.17, 15) is 0 Å². The Labute approximate surface area is 423 Å². The van der Waals surface area contributed by atoms with Crippen molar-refractivity contribution < 1.29 is 0 Å². The lowest BCUT2D eigenvalue weighted by atomic mass is 10.1. The first-order chi connectivity index (χ1) is 35.5. The summed E-state index contributed by atoms with van der Waals surface area (Å²) in [6.45, 7) is 4.37. The third-order valence-corrected chi connectivity index (χ3v) is 24.9.